The van der Waals surface area contributed by atoms with Gasteiger partial charge >= 0.3 is 0 Å². The molecular formula is C20H16ClN3O2S. The number of nitrogens with zero attached hydrogens (tertiary/aromatic N) is 2. The first-order chi connectivity index (χ1) is 13.1. The third-order valence-electron chi connectivity index (χ3n) is 4.06. The zero-order valence-corrected chi connectivity index (χ0v) is 16.0. The van der Waals surface area contributed by atoms with Crippen LogP contribution in [0.25, 0.3) is 16.2 Å². The molecule has 136 valence electrons. The van der Waals surface area contributed by atoms with Crippen molar-refractivity contribution in [1.29, 1.82) is 0 Å². The van der Waals surface area contributed by atoms with E-state index < -0.39 is 6.10 Å². The molecule has 0 saturated carbocycles. The number of imidazole rings is 1. The highest BCUT2D eigenvalue weighted by molar-refractivity contribution is 7.15. The molecule has 0 saturated heterocycles. The van der Waals surface area contributed by atoms with E-state index in [2.05, 4.69) is 10.3 Å². The van der Waals surface area contributed by atoms with Crippen LogP contribution in [-0.2, 0) is 4.79 Å². The maximum Gasteiger partial charge on any atom is 0.265 e. The minimum Gasteiger partial charge on any atom is -0.479 e. The standard InChI is InChI=1S/C20H16ClN3O2S/c1-13(26-18-9-5-3-7-15(18)21)19(25)22-16-8-4-2-6-14(16)17-12-24-10-11-27-20(24)23-17/h2-13H,1H3,(H,22,25). The molecule has 5 nitrogen and oxygen atoms in total. The Morgan fingerprint density at radius 2 is 2.00 bits per heavy atom. The number of benzene rings is 2. The SMILES string of the molecule is CC(Oc1ccccc1Cl)C(=O)Nc1ccccc1-c1cn2ccsc2n1. The van der Waals surface area contributed by atoms with Crippen LogP contribution in [0.1, 0.15) is 6.92 Å². The third kappa shape index (κ3) is 3.67. The summed E-state index contributed by atoms with van der Waals surface area (Å²) in [7, 11) is 0. The van der Waals surface area contributed by atoms with E-state index in [0.29, 0.717) is 16.5 Å². The Hall–Kier alpha value is -2.83. The molecule has 0 aliphatic carbocycles. The van der Waals surface area contributed by atoms with Crippen LogP contribution in [0.5, 0.6) is 5.75 Å². The Labute approximate surface area is 165 Å². The van der Waals surface area contributed by atoms with E-state index in [0.717, 1.165) is 16.2 Å². The van der Waals surface area contributed by atoms with E-state index in [4.69, 9.17) is 16.3 Å². The molecule has 0 radical (unpaired) electrons. The maximum absolute atomic E-state index is 12.6. The average Bonchev–Trinajstić information content (AvgIpc) is 3.26. The lowest BCUT2D eigenvalue weighted by atomic mass is 10.1. The van der Waals surface area contributed by atoms with Gasteiger partial charge in [0.25, 0.3) is 5.91 Å². The molecule has 1 amide bonds. The van der Waals surface area contributed by atoms with Crippen LogP contribution in [0, 0.1) is 0 Å². The van der Waals surface area contributed by atoms with Crippen LogP contribution in [0.2, 0.25) is 5.02 Å². The molecule has 4 aromatic rings. The number of hydrogen-bond donors (Lipinski definition) is 1. The molecule has 2 aromatic heterocycles. The number of carbonyl (C=O) groups is 1. The number of fused-ring (bicyclic) bond motifs is 1. The number of aromatic nitrogens is 2. The summed E-state index contributed by atoms with van der Waals surface area (Å²) in [4.78, 5) is 18.2. The first-order valence-electron chi connectivity index (χ1n) is 8.35. The average molecular weight is 398 g/mol. The normalized spacial score (nSPS) is 12.1. The largest absolute Gasteiger partial charge is 0.479 e. The van der Waals surface area contributed by atoms with Crippen LogP contribution < -0.4 is 10.1 Å². The van der Waals surface area contributed by atoms with Gasteiger partial charge in [0.2, 0.25) is 0 Å². The second-order valence-electron chi connectivity index (χ2n) is 5.94. The van der Waals surface area contributed by atoms with Crippen molar-refractivity contribution in [2.24, 2.45) is 0 Å². The van der Waals surface area contributed by atoms with Gasteiger partial charge in [0, 0.05) is 23.3 Å². The molecule has 0 spiro atoms. The van der Waals surface area contributed by atoms with Gasteiger partial charge < -0.3 is 10.1 Å². The van der Waals surface area contributed by atoms with Gasteiger partial charge in [0.1, 0.15) is 5.75 Å². The highest BCUT2D eigenvalue weighted by Gasteiger charge is 2.18. The summed E-state index contributed by atoms with van der Waals surface area (Å²) in [5.41, 5.74) is 2.34. The lowest BCUT2D eigenvalue weighted by Gasteiger charge is -2.16. The third-order valence-corrected chi connectivity index (χ3v) is 5.15. The van der Waals surface area contributed by atoms with Crippen LogP contribution in [0.15, 0.2) is 66.3 Å². The number of ether oxygens (including phenoxy) is 1. The number of anilines is 1. The number of para-hydroxylation sites is 2. The van der Waals surface area contributed by atoms with E-state index in [9.17, 15) is 4.79 Å². The molecular weight excluding hydrogens is 382 g/mol. The molecule has 1 atom stereocenters. The smallest absolute Gasteiger partial charge is 0.265 e. The van der Waals surface area contributed by atoms with Crippen molar-refractivity contribution in [2.45, 2.75) is 13.0 Å². The molecule has 7 heteroatoms. The van der Waals surface area contributed by atoms with Crippen molar-refractivity contribution < 1.29 is 9.53 Å². The van der Waals surface area contributed by atoms with Gasteiger partial charge in [-0.15, -0.1) is 11.3 Å². The topological polar surface area (TPSA) is 55.6 Å². The Balaban J connectivity index is 1.55. The first-order valence-corrected chi connectivity index (χ1v) is 9.61. The zero-order chi connectivity index (χ0) is 18.8. The fourth-order valence-corrected chi connectivity index (χ4v) is 3.57. The van der Waals surface area contributed by atoms with Crippen LogP contribution >= 0.6 is 22.9 Å². The maximum atomic E-state index is 12.6. The molecule has 0 bridgehead atoms. The lowest BCUT2D eigenvalue weighted by Crippen LogP contribution is -2.30. The van der Waals surface area contributed by atoms with Crippen molar-refractivity contribution in [3.05, 3.63) is 71.3 Å². The van der Waals surface area contributed by atoms with Crippen molar-refractivity contribution in [1.82, 2.24) is 9.38 Å². The van der Waals surface area contributed by atoms with Gasteiger partial charge in [-0.05, 0) is 25.1 Å². The summed E-state index contributed by atoms with van der Waals surface area (Å²) in [5.74, 6) is 0.216. The number of halogens is 1. The van der Waals surface area contributed by atoms with E-state index >= 15 is 0 Å². The van der Waals surface area contributed by atoms with Gasteiger partial charge in [0.15, 0.2) is 11.1 Å². The minimum absolute atomic E-state index is 0.261. The fourth-order valence-electron chi connectivity index (χ4n) is 2.69. The van der Waals surface area contributed by atoms with Crippen molar-refractivity contribution in [3.8, 4) is 17.0 Å². The molecule has 2 heterocycles. The molecule has 0 aliphatic rings. The van der Waals surface area contributed by atoms with Crippen molar-refractivity contribution >= 4 is 39.5 Å². The van der Waals surface area contributed by atoms with Crippen LogP contribution in [0.3, 0.4) is 0 Å². The minimum atomic E-state index is -0.705. The second-order valence-corrected chi connectivity index (χ2v) is 7.22. The van der Waals surface area contributed by atoms with Gasteiger partial charge in [-0.1, -0.05) is 41.9 Å². The zero-order valence-electron chi connectivity index (χ0n) is 14.4. The van der Waals surface area contributed by atoms with Gasteiger partial charge in [-0.25, -0.2) is 4.98 Å². The quantitative estimate of drug-likeness (QED) is 0.508. The fraction of sp³-hybridized carbons (Fsp3) is 0.100. The number of hydrogen-bond acceptors (Lipinski definition) is 4. The predicted octanol–water partition coefficient (Wildman–Crippen LogP) is 5.12. The monoisotopic (exact) mass is 397 g/mol. The lowest BCUT2D eigenvalue weighted by molar-refractivity contribution is -0.122. The Bertz CT molecular complexity index is 1080. The van der Waals surface area contributed by atoms with Crippen molar-refractivity contribution in [2.75, 3.05) is 5.32 Å². The Morgan fingerprint density at radius 3 is 2.81 bits per heavy atom. The first kappa shape index (κ1) is 17.6. The van der Waals surface area contributed by atoms with Gasteiger partial charge in [-0.2, -0.15) is 0 Å². The van der Waals surface area contributed by atoms with E-state index in [1.807, 2.05) is 58.6 Å². The van der Waals surface area contributed by atoms with Crippen LogP contribution in [0.4, 0.5) is 5.69 Å². The van der Waals surface area contributed by atoms with E-state index in [1.165, 1.54) is 0 Å². The Morgan fingerprint density at radius 1 is 1.22 bits per heavy atom. The van der Waals surface area contributed by atoms with Gasteiger partial charge in [0.05, 0.1) is 16.4 Å². The van der Waals surface area contributed by atoms with Gasteiger partial charge in [-0.3, -0.25) is 9.20 Å². The summed E-state index contributed by atoms with van der Waals surface area (Å²) < 4.78 is 7.66. The molecule has 0 fully saturated rings. The number of amides is 1. The molecule has 27 heavy (non-hydrogen) atoms. The summed E-state index contributed by atoms with van der Waals surface area (Å²) >= 11 is 7.66. The predicted molar refractivity (Wildman–Crippen MR) is 109 cm³/mol. The number of carbonyl (C=O) groups excluding carboxylic acids is 1. The number of thiazole rings is 1. The molecule has 2 aromatic carbocycles. The van der Waals surface area contributed by atoms with E-state index in [1.54, 1.807) is 30.4 Å². The highest BCUT2D eigenvalue weighted by Crippen LogP contribution is 2.29. The molecule has 0 aliphatic heterocycles. The molecule has 1 N–H and O–H groups in total. The Kier molecular flexibility index (Phi) is 4.83. The van der Waals surface area contributed by atoms with Crippen molar-refractivity contribution in [3.63, 3.8) is 0 Å². The summed E-state index contributed by atoms with van der Waals surface area (Å²) in [6, 6.07) is 14.7. The number of nitrogens with one attached hydrogen (secondary N) is 1. The van der Waals surface area contributed by atoms with Crippen LogP contribution in [-0.4, -0.2) is 21.4 Å². The molecule has 1 unspecified atom stereocenters. The second kappa shape index (κ2) is 7.42. The van der Waals surface area contributed by atoms with E-state index in [-0.39, 0.29) is 5.91 Å². The summed E-state index contributed by atoms with van der Waals surface area (Å²) in [5, 5.41) is 5.38. The highest BCUT2D eigenvalue weighted by atomic mass is 35.5. The summed E-state index contributed by atoms with van der Waals surface area (Å²) in [6.07, 6.45) is 3.20. The molecule has 4 rings (SSSR count). The number of rotatable bonds is 5. The summed E-state index contributed by atoms with van der Waals surface area (Å²) in [6.45, 7) is 1.69.